The van der Waals surface area contributed by atoms with Gasteiger partial charge in [0.25, 0.3) is 5.91 Å². The first-order chi connectivity index (χ1) is 13.0. The lowest BCUT2D eigenvalue weighted by atomic mass is 10.1. The summed E-state index contributed by atoms with van der Waals surface area (Å²) < 4.78 is 10.4. The number of anilines is 1. The molecule has 0 spiro atoms. The maximum absolute atomic E-state index is 12.2. The molecule has 0 aromatic carbocycles. The van der Waals surface area contributed by atoms with Crippen molar-refractivity contribution in [2.24, 2.45) is 10.9 Å². The van der Waals surface area contributed by atoms with E-state index in [4.69, 9.17) is 20.0 Å². The number of nitrogens with two attached hydrogens (primary N) is 1. The maximum atomic E-state index is 12.2. The molecule has 0 atom stereocenters. The van der Waals surface area contributed by atoms with Crippen LogP contribution in [0.15, 0.2) is 10.5 Å². The molecule has 0 saturated heterocycles. The van der Waals surface area contributed by atoms with Gasteiger partial charge < -0.3 is 20.0 Å². The van der Waals surface area contributed by atoms with Crippen LogP contribution in [0.3, 0.4) is 0 Å². The number of carbonyl (C=O) groups excluding carboxylic acids is 3. The smallest absolute Gasteiger partial charge is 0.413 e. The van der Waals surface area contributed by atoms with E-state index in [1.165, 1.54) is 19.2 Å². The number of esters is 1. The Morgan fingerprint density at radius 2 is 1.59 bits per heavy atom. The fourth-order valence-electron chi connectivity index (χ4n) is 1.65. The van der Waals surface area contributed by atoms with Crippen LogP contribution in [-0.2, 0) is 23.9 Å². The molecule has 0 radical (unpaired) electrons. The van der Waals surface area contributed by atoms with Crippen molar-refractivity contribution in [2.45, 2.75) is 72.2 Å². The number of oxime groups is 1. The Bertz CT molecular complexity index is 802. The minimum Gasteiger partial charge on any atom is -0.457 e. The van der Waals surface area contributed by atoms with Crippen LogP contribution >= 0.6 is 11.3 Å². The molecule has 1 rings (SSSR count). The zero-order chi connectivity index (χ0) is 22.6. The van der Waals surface area contributed by atoms with Crippen molar-refractivity contribution >= 4 is 40.1 Å². The Kier molecular flexibility index (Phi) is 7.36. The molecule has 0 saturated carbocycles. The van der Waals surface area contributed by atoms with E-state index in [0.29, 0.717) is 0 Å². The van der Waals surface area contributed by atoms with Crippen LogP contribution in [-0.4, -0.2) is 45.5 Å². The van der Waals surface area contributed by atoms with Crippen molar-refractivity contribution in [1.82, 2.24) is 4.98 Å². The first kappa shape index (κ1) is 24.3. The summed E-state index contributed by atoms with van der Waals surface area (Å²) in [4.78, 5) is 45.2. The molecule has 162 valence electrons. The first-order valence-corrected chi connectivity index (χ1v) is 9.63. The number of aromatic nitrogens is 1. The molecule has 0 unspecified atom stereocenters. The Morgan fingerprint density at radius 1 is 1.03 bits per heavy atom. The van der Waals surface area contributed by atoms with Crippen LogP contribution in [0.1, 0.15) is 61.1 Å². The topological polar surface area (TPSA) is 142 Å². The number of thiazole rings is 1. The Labute approximate surface area is 173 Å². The highest BCUT2D eigenvalue weighted by Gasteiger charge is 2.35. The summed E-state index contributed by atoms with van der Waals surface area (Å²) in [6.07, 6.45) is -0.696. The third-order valence-corrected chi connectivity index (χ3v) is 3.60. The maximum Gasteiger partial charge on any atom is 0.413 e. The monoisotopic (exact) mass is 428 g/mol. The van der Waals surface area contributed by atoms with Crippen LogP contribution in [0.25, 0.3) is 0 Å². The van der Waals surface area contributed by atoms with E-state index < -0.39 is 34.8 Å². The van der Waals surface area contributed by atoms with E-state index in [-0.39, 0.29) is 16.5 Å². The number of carbonyl (C=O) groups is 3. The van der Waals surface area contributed by atoms with Gasteiger partial charge in [0.05, 0.1) is 0 Å². The summed E-state index contributed by atoms with van der Waals surface area (Å²) >= 11 is 1.04. The zero-order valence-electron chi connectivity index (χ0n) is 17.9. The Morgan fingerprint density at radius 3 is 2.07 bits per heavy atom. The van der Waals surface area contributed by atoms with Gasteiger partial charge in [-0.05, 0) is 55.4 Å². The lowest BCUT2D eigenvalue weighted by Gasteiger charge is -2.26. The van der Waals surface area contributed by atoms with E-state index in [1.54, 1.807) is 41.5 Å². The SMILES string of the molecule is CC(C)(C)OC(=O)Nc1nc(/C(=N\OC(C)(C)C(=O)OC(C)(C)C)C(N)=O)cs1. The zero-order valence-corrected chi connectivity index (χ0v) is 18.7. The van der Waals surface area contributed by atoms with E-state index in [2.05, 4.69) is 15.5 Å². The molecule has 10 nitrogen and oxygen atoms in total. The van der Waals surface area contributed by atoms with Gasteiger partial charge in [-0.1, -0.05) is 5.16 Å². The minimum absolute atomic E-state index is 0.0774. The molecule has 11 heteroatoms. The van der Waals surface area contributed by atoms with Gasteiger partial charge in [0.15, 0.2) is 10.8 Å². The summed E-state index contributed by atoms with van der Waals surface area (Å²) in [5, 5.41) is 7.80. The van der Waals surface area contributed by atoms with Crippen molar-refractivity contribution < 1.29 is 28.7 Å². The van der Waals surface area contributed by atoms with Gasteiger partial charge in [-0.15, -0.1) is 11.3 Å². The molecular formula is C18H28N4O6S. The molecule has 29 heavy (non-hydrogen) atoms. The van der Waals surface area contributed by atoms with E-state index >= 15 is 0 Å². The molecular weight excluding hydrogens is 400 g/mol. The molecule has 0 aliphatic carbocycles. The summed E-state index contributed by atoms with van der Waals surface area (Å²) in [5.74, 6) is -1.58. The number of rotatable bonds is 6. The molecule has 3 N–H and O–H groups in total. The van der Waals surface area contributed by atoms with Gasteiger partial charge >= 0.3 is 12.1 Å². The third kappa shape index (κ3) is 8.46. The van der Waals surface area contributed by atoms with Crippen LogP contribution in [0.5, 0.6) is 0 Å². The number of nitrogens with one attached hydrogen (secondary N) is 1. The molecule has 0 bridgehead atoms. The second-order valence-corrected chi connectivity index (χ2v) is 9.43. The lowest BCUT2D eigenvalue weighted by molar-refractivity contribution is -0.179. The standard InChI is InChI=1S/C18H28N4O6S/c1-16(2,3)26-13(24)18(7,8)28-22-11(12(19)23)10-9-29-14(20-10)21-15(25)27-17(4,5)6/h9H,1-8H3,(H2,19,23)(H,20,21,25)/b22-11+. The van der Waals surface area contributed by atoms with Crippen LogP contribution in [0.2, 0.25) is 0 Å². The lowest BCUT2D eigenvalue weighted by Crippen LogP contribution is -2.40. The van der Waals surface area contributed by atoms with Crippen molar-refractivity contribution in [3.05, 3.63) is 11.1 Å². The van der Waals surface area contributed by atoms with Crippen LogP contribution in [0.4, 0.5) is 9.93 Å². The predicted molar refractivity (Wildman–Crippen MR) is 109 cm³/mol. The van der Waals surface area contributed by atoms with E-state index in [1.807, 2.05) is 0 Å². The largest absolute Gasteiger partial charge is 0.457 e. The Balaban J connectivity index is 2.96. The van der Waals surface area contributed by atoms with Gasteiger partial charge in [-0.3, -0.25) is 10.1 Å². The average Bonchev–Trinajstić information content (AvgIpc) is 2.91. The number of primary amides is 1. The van der Waals surface area contributed by atoms with E-state index in [0.717, 1.165) is 11.3 Å². The molecule has 2 amide bonds. The van der Waals surface area contributed by atoms with Crippen LogP contribution in [0, 0.1) is 0 Å². The highest BCUT2D eigenvalue weighted by molar-refractivity contribution is 7.14. The molecule has 0 aliphatic rings. The summed E-state index contributed by atoms with van der Waals surface area (Å²) in [6.45, 7) is 13.2. The van der Waals surface area contributed by atoms with Gasteiger partial charge in [0.1, 0.15) is 16.9 Å². The molecule has 0 fully saturated rings. The van der Waals surface area contributed by atoms with Crippen molar-refractivity contribution in [1.29, 1.82) is 0 Å². The predicted octanol–water partition coefficient (Wildman–Crippen LogP) is 2.82. The quantitative estimate of drug-likeness (QED) is 0.403. The second-order valence-electron chi connectivity index (χ2n) is 8.57. The molecule has 0 aliphatic heterocycles. The average molecular weight is 429 g/mol. The minimum atomic E-state index is -1.47. The molecule has 1 aromatic heterocycles. The fraction of sp³-hybridized carbons (Fsp3) is 0.611. The summed E-state index contributed by atoms with van der Waals surface area (Å²) in [6, 6.07) is 0. The third-order valence-electron chi connectivity index (χ3n) is 2.84. The van der Waals surface area contributed by atoms with Crippen molar-refractivity contribution in [2.75, 3.05) is 5.32 Å². The summed E-state index contributed by atoms with van der Waals surface area (Å²) in [5.41, 5.74) is 2.26. The first-order valence-electron chi connectivity index (χ1n) is 8.75. The van der Waals surface area contributed by atoms with Gasteiger partial charge in [-0.25, -0.2) is 14.6 Å². The second kappa shape index (κ2) is 8.76. The Hall–Kier alpha value is -2.69. The number of hydrogen-bond acceptors (Lipinski definition) is 9. The fourth-order valence-corrected chi connectivity index (χ4v) is 2.33. The van der Waals surface area contributed by atoms with Crippen molar-refractivity contribution in [3.63, 3.8) is 0 Å². The summed E-state index contributed by atoms with van der Waals surface area (Å²) in [7, 11) is 0. The molecule has 1 aromatic rings. The van der Waals surface area contributed by atoms with Gasteiger partial charge in [0.2, 0.25) is 5.60 Å². The molecule has 1 heterocycles. The highest BCUT2D eigenvalue weighted by Crippen LogP contribution is 2.20. The van der Waals surface area contributed by atoms with Gasteiger partial charge in [0, 0.05) is 5.38 Å². The van der Waals surface area contributed by atoms with E-state index in [9.17, 15) is 14.4 Å². The number of ether oxygens (including phenoxy) is 2. The van der Waals surface area contributed by atoms with Gasteiger partial charge in [-0.2, -0.15) is 0 Å². The normalized spacial score (nSPS) is 12.9. The number of hydrogen-bond donors (Lipinski definition) is 2. The van der Waals surface area contributed by atoms with Crippen LogP contribution < -0.4 is 11.1 Å². The van der Waals surface area contributed by atoms with Crippen molar-refractivity contribution in [3.8, 4) is 0 Å². The highest BCUT2D eigenvalue weighted by atomic mass is 32.1. The number of nitrogens with zero attached hydrogens (tertiary/aromatic N) is 2. The number of amides is 2.